The Bertz CT molecular complexity index is 785. The van der Waals surface area contributed by atoms with Crippen molar-refractivity contribution in [3.05, 3.63) is 69.0 Å². The van der Waals surface area contributed by atoms with E-state index in [1.165, 1.54) is 29.5 Å². The number of aliphatic hydroxyl groups is 1. The number of benzene rings is 2. The fraction of sp³-hybridized carbons (Fsp3) is 0.0667. The lowest BCUT2D eigenvalue weighted by Gasteiger charge is -2.10. The zero-order valence-corrected chi connectivity index (χ0v) is 12.5. The average Bonchev–Trinajstić information content (AvgIpc) is 2.84. The van der Waals surface area contributed by atoms with Gasteiger partial charge in [0.25, 0.3) is 0 Å². The van der Waals surface area contributed by atoms with Gasteiger partial charge in [0.2, 0.25) is 0 Å². The minimum Gasteiger partial charge on any atom is -0.383 e. The van der Waals surface area contributed by atoms with Crippen LogP contribution in [0.3, 0.4) is 0 Å². The molecule has 0 saturated heterocycles. The van der Waals surface area contributed by atoms with Gasteiger partial charge < -0.3 is 5.11 Å². The molecule has 1 N–H and O–H groups in total. The van der Waals surface area contributed by atoms with Crippen molar-refractivity contribution < 1.29 is 13.9 Å². The average molecular weight is 355 g/mol. The number of halogens is 3. The second kappa shape index (κ2) is 5.24. The third-order valence-corrected chi connectivity index (χ3v) is 4.82. The van der Waals surface area contributed by atoms with Crippen LogP contribution in [0.1, 0.15) is 16.5 Å². The van der Waals surface area contributed by atoms with Gasteiger partial charge in [0, 0.05) is 15.1 Å². The highest BCUT2D eigenvalue weighted by molar-refractivity contribution is 9.10. The van der Waals surface area contributed by atoms with Crippen LogP contribution in [0.5, 0.6) is 0 Å². The summed E-state index contributed by atoms with van der Waals surface area (Å²) in [5, 5.41) is 11.0. The van der Waals surface area contributed by atoms with Gasteiger partial charge in [-0.1, -0.05) is 12.1 Å². The smallest absolute Gasteiger partial charge is 0.143 e. The van der Waals surface area contributed by atoms with E-state index in [9.17, 15) is 13.9 Å². The van der Waals surface area contributed by atoms with Crippen LogP contribution in [-0.2, 0) is 0 Å². The van der Waals surface area contributed by atoms with Gasteiger partial charge in [0.15, 0.2) is 0 Å². The van der Waals surface area contributed by atoms with Crippen LogP contribution in [0, 0.1) is 11.6 Å². The van der Waals surface area contributed by atoms with Crippen LogP contribution >= 0.6 is 27.3 Å². The molecule has 2 aromatic carbocycles. The zero-order valence-electron chi connectivity index (χ0n) is 10.1. The Morgan fingerprint density at radius 3 is 2.70 bits per heavy atom. The summed E-state index contributed by atoms with van der Waals surface area (Å²) in [5.74, 6) is -0.811. The minimum atomic E-state index is -1.06. The summed E-state index contributed by atoms with van der Waals surface area (Å²) in [6.07, 6.45) is -1.06. The molecule has 0 bridgehead atoms. The third kappa shape index (κ3) is 2.37. The Labute approximate surface area is 126 Å². The number of aliphatic hydroxyl groups excluding tert-OH is 1. The predicted molar refractivity (Wildman–Crippen MR) is 79.9 cm³/mol. The molecule has 1 unspecified atom stereocenters. The van der Waals surface area contributed by atoms with Gasteiger partial charge in [-0.25, -0.2) is 8.78 Å². The van der Waals surface area contributed by atoms with Crippen molar-refractivity contribution in [1.29, 1.82) is 0 Å². The molecule has 0 aliphatic heterocycles. The van der Waals surface area contributed by atoms with E-state index in [0.29, 0.717) is 14.7 Å². The largest absolute Gasteiger partial charge is 0.383 e. The minimum absolute atomic E-state index is 0.200. The number of fused-ring (bicyclic) bond motifs is 1. The van der Waals surface area contributed by atoms with Crippen molar-refractivity contribution in [2.45, 2.75) is 6.10 Å². The highest BCUT2D eigenvalue weighted by atomic mass is 79.9. The van der Waals surface area contributed by atoms with Gasteiger partial charge in [-0.05, 0) is 51.6 Å². The van der Waals surface area contributed by atoms with Crippen LogP contribution < -0.4 is 0 Å². The zero-order chi connectivity index (χ0) is 14.3. The van der Waals surface area contributed by atoms with E-state index in [0.717, 1.165) is 4.70 Å². The Balaban J connectivity index is 2.08. The van der Waals surface area contributed by atoms with E-state index >= 15 is 0 Å². The second-order valence-corrected chi connectivity index (χ2v) is 6.35. The Hall–Kier alpha value is -1.30. The summed E-state index contributed by atoms with van der Waals surface area (Å²) < 4.78 is 28.3. The highest BCUT2D eigenvalue weighted by Gasteiger charge is 2.19. The van der Waals surface area contributed by atoms with Crippen molar-refractivity contribution in [3.8, 4) is 0 Å². The molecule has 3 rings (SSSR count). The summed E-state index contributed by atoms with van der Waals surface area (Å²) in [6, 6.07) is 10.9. The molecule has 20 heavy (non-hydrogen) atoms. The topological polar surface area (TPSA) is 20.2 Å². The van der Waals surface area contributed by atoms with E-state index in [4.69, 9.17) is 0 Å². The van der Waals surface area contributed by atoms with E-state index in [1.54, 1.807) is 24.3 Å². The number of hydrogen-bond acceptors (Lipinski definition) is 2. The van der Waals surface area contributed by atoms with Crippen LogP contribution in [0.4, 0.5) is 8.78 Å². The maximum absolute atomic E-state index is 14.0. The quantitative estimate of drug-likeness (QED) is 0.684. The molecule has 102 valence electrons. The molecule has 0 fully saturated rings. The molecular formula is C15H9BrF2OS. The number of hydrogen-bond donors (Lipinski definition) is 1. The van der Waals surface area contributed by atoms with Crippen molar-refractivity contribution in [2.75, 3.05) is 0 Å². The van der Waals surface area contributed by atoms with Gasteiger partial charge in [-0.3, -0.25) is 0 Å². The molecule has 3 aromatic rings. The summed E-state index contributed by atoms with van der Waals surface area (Å²) >= 11 is 4.42. The summed E-state index contributed by atoms with van der Waals surface area (Å²) in [5.41, 5.74) is 0.200. The van der Waals surface area contributed by atoms with Crippen LogP contribution in [0.15, 0.2) is 46.9 Å². The molecule has 1 aromatic heterocycles. The first-order valence-electron chi connectivity index (χ1n) is 5.87. The summed E-state index contributed by atoms with van der Waals surface area (Å²) in [6.45, 7) is 0. The highest BCUT2D eigenvalue weighted by Crippen LogP contribution is 2.35. The van der Waals surface area contributed by atoms with Crippen LogP contribution in [0.2, 0.25) is 0 Å². The van der Waals surface area contributed by atoms with Crippen molar-refractivity contribution in [3.63, 3.8) is 0 Å². The summed E-state index contributed by atoms with van der Waals surface area (Å²) in [4.78, 5) is 0.586. The normalized spacial score (nSPS) is 12.8. The Morgan fingerprint density at radius 1 is 1.10 bits per heavy atom. The molecule has 0 radical (unpaired) electrons. The molecule has 1 nitrogen and oxygen atoms in total. The van der Waals surface area contributed by atoms with Crippen LogP contribution in [-0.4, -0.2) is 5.11 Å². The molecule has 1 atom stereocenters. The molecule has 0 spiro atoms. The van der Waals surface area contributed by atoms with E-state index in [1.807, 2.05) is 0 Å². The maximum atomic E-state index is 14.0. The lowest BCUT2D eigenvalue weighted by atomic mass is 10.1. The number of rotatable bonds is 2. The van der Waals surface area contributed by atoms with Gasteiger partial charge in [-0.2, -0.15) is 0 Å². The number of thiophene rings is 1. The van der Waals surface area contributed by atoms with E-state index in [2.05, 4.69) is 15.9 Å². The van der Waals surface area contributed by atoms with Gasteiger partial charge in [0.1, 0.15) is 17.7 Å². The monoisotopic (exact) mass is 354 g/mol. The van der Waals surface area contributed by atoms with Crippen molar-refractivity contribution in [2.24, 2.45) is 0 Å². The fourth-order valence-corrected chi connectivity index (χ4v) is 3.49. The lowest BCUT2D eigenvalue weighted by molar-refractivity contribution is 0.218. The second-order valence-electron chi connectivity index (χ2n) is 4.38. The first-order valence-corrected chi connectivity index (χ1v) is 7.48. The molecule has 0 aliphatic rings. The maximum Gasteiger partial charge on any atom is 0.143 e. The fourth-order valence-electron chi connectivity index (χ4n) is 2.05. The third-order valence-electron chi connectivity index (χ3n) is 3.04. The van der Waals surface area contributed by atoms with Crippen LogP contribution in [0.25, 0.3) is 10.1 Å². The molecule has 0 aliphatic carbocycles. The Kier molecular flexibility index (Phi) is 3.58. The Morgan fingerprint density at radius 2 is 1.90 bits per heavy atom. The molecule has 1 heterocycles. The van der Waals surface area contributed by atoms with Gasteiger partial charge in [-0.15, -0.1) is 11.3 Å². The predicted octanol–water partition coefficient (Wildman–Crippen LogP) is 5.02. The van der Waals surface area contributed by atoms with Gasteiger partial charge in [0.05, 0.1) is 4.47 Å². The van der Waals surface area contributed by atoms with E-state index < -0.39 is 11.9 Å². The molecular weight excluding hydrogens is 346 g/mol. The first-order chi connectivity index (χ1) is 9.56. The van der Waals surface area contributed by atoms with E-state index in [-0.39, 0.29) is 11.4 Å². The van der Waals surface area contributed by atoms with Crippen molar-refractivity contribution >= 4 is 37.4 Å². The lowest BCUT2D eigenvalue weighted by Crippen LogP contribution is -2.00. The SMILES string of the molecule is OC(c1cc2cc(F)ccc2s1)c1cccc(Br)c1F. The summed E-state index contributed by atoms with van der Waals surface area (Å²) in [7, 11) is 0. The molecule has 0 amide bonds. The standard InChI is InChI=1S/C15H9BrF2OS/c16-11-3-1-2-10(14(11)18)15(19)13-7-8-6-9(17)4-5-12(8)20-13/h1-7,15,19H. The first kappa shape index (κ1) is 13.7. The molecule has 0 saturated carbocycles. The van der Waals surface area contributed by atoms with Gasteiger partial charge >= 0.3 is 0 Å². The van der Waals surface area contributed by atoms with Crippen molar-refractivity contribution in [1.82, 2.24) is 0 Å². The molecule has 5 heteroatoms.